The lowest BCUT2D eigenvalue weighted by Crippen LogP contribution is -2.33. The molecule has 4 nitrogen and oxygen atoms in total. The zero-order valence-corrected chi connectivity index (χ0v) is 14.0. The molecule has 0 heterocycles. The molecule has 1 amide bonds. The molecule has 0 fully saturated rings. The molecule has 22 heavy (non-hydrogen) atoms. The van der Waals surface area contributed by atoms with Crippen LogP contribution in [-0.2, 0) is 14.3 Å². The topological polar surface area (TPSA) is 55.4 Å². The molecule has 1 rings (SSSR count). The molecule has 1 atom stereocenters. The fraction of sp³-hybridized carbons (Fsp3) is 0.556. The highest BCUT2D eigenvalue weighted by atomic mass is 16.5. The van der Waals surface area contributed by atoms with Crippen LogP contribution in [0.4, 0.5) is 5.69 Å². The normalized spacial score (nSPS) is 12.5. The van der Waals surface area contributed by atoms with Gasteiger partial charge in [-0.2, -0.15) is 0 Å². The van der Waals surface area contributed by atoms with Gasteiger partial charge in [-0.25, -0.2) is 0 Å². The molecule has 0 aliphatic heterocycles. The summed E-state index contributed by atoms with van der Waals surface area (Å²) in [5.74, 6) is 0.457. The number of ketones is 1. The number of para-hydroxylation sites is 1. The quantitative estimate of drug-likeness (QED) is 0.757. The Morgan fingerprint density at radius 2 is 1.68 bits per heavy atom. The van der Waals surface area contributed by atoms with Crippen LogP contribution in [0.2, 0.25) is 0 Å². The van der Waals surface area contributed by atoms with Gasteiger partial charge < -0.3 is 10.1 Å². The van der Waals surface area contributed by atoms with Crippen molar-refractivity contribution in [1.82, 2.24) is 0 Å². The smallest absolute Gasteiger partial charge is 0.253 e. The summed E-state index contributed by atoms with van der Waals surface area (Å²) in [4.78, 5) is 24.1. The molecule has 0 radical (unpaired) electrons. The summed E-state index contributed by atoms with van der Waals surface area (Å²) in [5.41, 5.74) is 0.735. The number of carbonyl (C=O) groups is 2. The lowest BCUT2D eigenvalue weighted by atomic mass is 10.0. The van der Waals surface area contributed by atoms with Gasteiger partial charge >= 0.3 is 0 Å². The van der Waals surface area contributed by atoms with Gasteiger partial charge in [0.15, 0.2) is 5.78 Å². The van der Waals surface area contributed by atoms with E-state index in [4.69, 9.17) is 4.74 Å². The van der Waals surface area contributed by atoms with E-state index in [1.165, 1.54) is 0 Å². The molecule has 1 aromatic carbocycles. The maximum atomic E-state index is 12.3. The Kier molecular flexibility index (Phi) is 7.82. The van der Waals surface area contributed by atoms with Crippen LogP contribution >= 0.6 is 0 Å². The minimum absolute atomic E-state index is 0.00221. The van der Waals surface area contributed by atoms with Crippen molar-refractivity contribution in [3.8, 4) is 0 Å². The zero-order chi connectivity index (χ0) is 16.5. The van der Waals surface area contributed by atoms with Gasteiger partial charge in [-0.15, -0.1) is 0 Å². The van der Waals surface area contributed by atoms with Crippen LogP contribution in [0.25, 0.3) is 0 Å². The van der Waals surface area contributed by atoms with Gasteiger partial charge in [-0.1, -0.05) is 45.9 Å². The molecule has 122 valence electrons. The van der Waals surface area contributed by atoms with E-state index in [1.54, 1.807) is 0 Å². The number of amides is 1. The predicted molar refractivity (Wildman–Crippen MR) is 88.7 cm³/mol. The fourth-order valence-corrected chi connectivity index (χ4v) is 2.13. The summed E-state index contributed by atoms with van der Waals surface area (Å²) in [6.45, 7) is 8.04. The zero-order valence-electron chi connectivity index (χ0n) is 14.0. The van der Waals surface area contributed by atoms with Crippen molar-refractivity contribution in [2.24, 2.45) is 11.8 Å². The molecule has 0 saturated heterocycles. The van der Waals surface area contributed by atoms with Gasteiger partial charge in [0.05, 0.1) is 0 Å². The molecule has 0 unspecified atom stereocenters. The van der Waals surface area contributed by atoms with E-state index in [1.807, 2.05) is 58.0 Å². The van der Waals surface area contributed by atoms with E-state index >= 15 is 0 Å². The predicted octanol–water partition coefficient (Wildman–Crippen LogP) is 3.67. The number of rotatable bonds is 9. The lowest BCUT2D eigenvalue weighted by molar-refractivity contribution is -0.134. The fourth-order valence-electron chi connectivity index (χ4n) is 2.13. The second kappa shape index (κ2) is 9.36. The Labute approximate surface area is 133 Å². The Bertz CT molecular complexity index is 468. The molecule has 0 bridgehead atoms. The van der Waals surface area contributed by atoms with Gasteiger partial charge in [0.25, 0.3) is 5.91 Å². The standard InChI is InChI=1S/C18H27NO3/c1-13(2)10-16(20)12-22-17(11-14(3)4)18(21)19-15-8-6-5-7-9-15/h5-9,13-14,17H,10-12H2,1-4H3,(H,19,21)/t17-/m1/s1. The van der Waals surface area contributed by atoms with Crippen LogP contribution in [-0.4, -0.2) is 24.4 Å². The van der Waals surface area contributed by atoms with Crippen LogP contribution in [0.5, 0.6) is 0 Å². The highest BCUT2D eigenvalue weighted by Crippen LogP contribution is 2.13. The highest BCUT2D eigenvalue weighted by molar-refractivity contribution is 5.94. The van der Waals surface area contributed by atoms with Crippen molar-refractivity contribution in [3.63, 3.8) is 0 Å². The molecule has 0 saturated carbocycles. The number of hydrogen-bond acceptors (Lipinski definition) is 3. The average molecular weight is 305 g/mol. The van der Waals surface area contributed by atoms with Crippen molar-refractivity contribution >= 4 is 17.4 Å². The number of benzene rings is 1. The summed E-state index contributed by atoms with van der Waals surface area (Å²) in [6, 6.07) is 9.27. The second-order valence-electron chi connectivity index (χ2n) is 6.42. The van der Waals surface area contributed by atoms with Gasteiger partial charge in [0.1, 0.15) is 12.7 Å². The first-order valence-corrected chi connectivity index (χ1v) is 7.87. The lowest BCUT2D eigenvalue weighted by Gasteiger charge is -2.19. The Balaban J connectivity index is 2.59. The Morgan fingerprint density at radius 1 is 1.05 bits per heavy atom. The molecule has 1 aromatic rings. The van der Waals surface area contributed by atoms with E-state index in [-0.39, 0.29) is 18.3 Å². The maximum absolute atomic E-state index is 12.3. The molecular formula is C18H27NO3. The first kappa shape index (κ1) is 18.4. The summed E-state index contributed by atoms with van der Waals surface area (Å²) in [6.07, 6.45) is 0.471. The molecular weight excluding hydrogens is 278 g/mol. The van der Waals surface area contributed by atoms with Gasteiger partial charge in [-0.05, 0) is 30.4 Å². The third-order valence-corrected chi connectivity index (χ3v) is 3.10. The first-order valence-electron chi connectivity index (χ1n) is 7.87. The minimum atomic E-state index is -0.601. The summed E-state index contributed by atoms with van der Waals surface area (Å²) >= 11 is 0. The van der Waals surface area contributed by atoms with E-state index in [9.17, 15) is 9.59 Å². The van der Waals surface area contributed by atoms with Crippen molar-refractivity contribution in [3.05, 3.63) is 30.3 Å². The summed E-state index contributed by atoms with van der Waals surface area (Å²) < 4.78 is 5.59. The third-order valence-electron chi connectivity index (χ3n) is 3.10. The van der Waals surface area contributed by atoms with Gasteiger partial charge in [0.2, 0.25) is 0 Å². The molecule has 4 heteroatoms. The van der Waals surface area contributed by atoms with Crippen molar-refractivity contribution in [2.75, 3.05) is 11.9 Å². The molecule has 0 aliphatic carbocycles. The van der Waals surface area contributed by atoms with Crippen LogP contribution in [0.15, 0.2) is 30.3 Å². The SMILES string of the molecule is CC(C)CC(=O)CO[C@H](CC(C)C)C(=O)Nc1ccccc1. The van der Waals surface area contributed by atoms with Crippen LogP contribution < -0.4 is 5.32 Å². The van der Waals surface area contributed by atoms with Crippen molar-refractivity contribution in [2.45, 2.75) is 46.6 Å². The van der Waals surface area contributed by atoms with Crippen LogP contribution in [0, 0.1) is 11.8 Å². The molecule has 0 spiro atoms. The molecule has 0 aromatic heterocycles. The number of Topliss-reactive ketones (excluding diaryl/α,β-unsaturated/α-hetero) is 1. The van der Waals surface area contributed by atoms with Gasteiger partial charge in [-0.3, -0.25) is 9.59 Å². The number of nitrogens with one attached hydrogen (secondary N) is 1. The number of hydrogen-bond donors (Lipinski definition) is 1. The van der Waals surface area contributed by atoms with Gasteiger partial charge in [0, 0.05) is 12.1 Å². The van der Waals surface area contributed by atoms with E-state index in [0.29, 0.717) is 24.7 Å². The second-order valence-corrected chi connectivity index (χ2v) is 6.42. The first-order chi connectivity index (χ1) is 10.4. The number of anilines is 1. The number of ether oxygens (including phenoxy) is 1. The largest absolute Gasteiger partial charge is 0.361 e. The minimum Gasteiger partial charge on any atom is -0.361 e. The van der Waals surface area contributed by atoms with E-state index < -0.39 is 6.10 Å². The van der Waals surface area contributed by atoms with E-state index in [0.717, 1.165) is 5.69 Å². The monoisotopic (exact) mass is 305 g/mol. The third kappa shape index (κ3) is 7.36. The van der Waals surface area contributed by atoms with Crippen LogP contribution in [0.1, 0.15) is 40.5 Å². The van der Waals surface area contributed by atoms with E-state index in [2.05, 4.69) is 5.32 Å². The van der Waals surface area contributed by atoms with Crippen molar-refractivity contribution < 1.29 is 14.3 Å². The highest BCUT2D eigenvalue weighted by Gasteiger charge is 2.22. The summed E-state index contributed by atoms with van der Waals surface area (Å²) in [7, 11) is 0. The summed E-state index contributed by atoms with van der Waals surface area (Å²) in [5, 5.41) is 2.84. The Morgan fingerprint density at radius 3 is 2.23 bits per heavy atom. The van der Waals surface area contributed by atoms with Crippen molar-refractivity contribution in [1.29, 1.82) is 0 Å². The number of carbonyl (C=O) groups excluding carboxylic acids is 2. The van der Waals surface area contributed by atoms with Crippen LogP contribution in [0.3, 0.4) is 0 Å². The maximum Gasteiger partial charge on any atom is 0.253 e. The molecule has 1 N–H and O–H groups in total. The average Bonchev–Trinajstić information content (AvgIpc) is 2.43. The Hall–Kier alpha value is -1.68. The molecule has 0 aliphatic rings.